The van der Waals surface area contributed by atoms with Gasteiger partial charge >= 0.3 is 0 Å². The highest BCUT2D eigenvalue weighted by molar-refractivity contribution is 4.65. The third-order valence-electron chi connectivity index (χ3n) is 0.866. The Kier molecular flexibility index (Phi) is 145. The number of hydrogen-bond donors (Lipinski definition) is 0. The van der Waals surface area contributed by atoms with E-state index in [-0.39, 0.29) is 0 Å². The molecule has 1 fully saturated rings. The molecule has 1 aliphatic rings. The van der Waals surface area contributed by atoms with Crippen LogP contribution >= 0.6 is 0 Å². The standard InChI is InChI=1S/C4H8.C3H6.2C2H6.C2H4.C2H2/c1-4-2-3-4;1-3-2;4*1-2/h4H,2-3H2,1H3;3H,1H2,2H3;2*1-2H3;1-2H2;1-2H. The smallest absolute Gasteiger partial charge is 0.0443 e. The minimum Gasteiger partial charge on any atom is -0.124 e. The zero-order valence-electron chi connectivity index (χ0n) is 11.8. The van der Waals surface area contributed by atoms with Crippen LogP contribution in [-0.4, -0.2) is 0 Å². The average Bonchev–Trinajstić information content (AvgIpc) is 3.13. The van der Waals surface area contributed by atoms with Crippen molar-refractivity contribution in [3.63, 3.8) is 0 Å². The number of hydrogen-bond acceptors (Lipinski definition) is 0. The minimum absolute atomic E-state index is 1.08. The van der Waals surface area contributed by atoms with Crippen LogP contribution in [-0.2, 0) is 0 Å². The lowest BCUT2D eigenvalue weighted by Crippen LogP contribution is -1.42. The normalized spacial score (nSPS) is 9.07. The summed E-state index contributed by atoms with van der Waals surface area (Å²) in [4.78, 5) is 0. The number of rotatable bonds is 0. The Morgan fingerprint density at radius 2 is 1.07 bits per heavy atom. The van der Waals surface area contributed by atoms with Gasteiger partial charge in [-0.25, -0.2) is 0 Å². The van der Waals surface area contributed by atoms with E-state index in [0.29, 0.717) is 0 Å². The highest BCUT2D eigenvalue weighted by Gasteiger charge is 2.12. The summed E-state index contributed by atoms with van der Waals surface area (Å²) in [5.74, 6) is 1.08. The Morgan fingerprint density at radius 3 is 1.07 bits per heavy atom. The molecule has 1 rings (SSSR count). The van der Waals surface area contributed by atoms with E-state index in [9.17, 15) is 0 Å². The van der Waals surface area contributed by atoms with Crippen molar-refractivity contribution in [2.45, 2.75) is 54.4 Å². The predicted octanol–water partition coefficient (Wildman–Crippen LogP) is 5.71. The van der Waals surface area contributed by atoms with E-state index >= 15 is 0 Å². The van der Waals surface area contributed by atoms with Crippen molar-refractivity contribution >= 4 is 0 Å². The largest absolute Gasteiger partial charge is 0.124 e. The Morgan fingerprint density at radius 1 is 1.00 bits per heavy atom. The van der Waals surface area contributed by atoms with Crippen LogP contribution in [0.25, 0.3) is 0 Å². The SMILES string of the molecule is C#C.C=C.C=CC.CC.CC.CC1CC1. The average molecular weight is 212 g/mol. The maximum atomic E-state index is 4.00. The summed E-state index contributed by atoms with van der Waals surface area (Å²) < 4.78 is 0. The van der Waals surface area contributed by atoms with Gasteiger partial charge in [0.15, 0.2) is 0 Å². The fraction of sp³-hybridized carbons (Fsp3) is 0.600. The first-order valence-corrected chi connectivity index (χ1v) is 5.71. The van der Waals surface area contributed by atoms with Crippen LogP contribution in [0.5, 0.6) is 0 Å². The molecule has 0 aromatic carbocycles. The van der Waals surface area contributed by atoms with Gasteiger partial charge in [0, 0.05) is 0 Å². The van der Waals surface area contributed by atoms with Gasteiger partial charge in [0.25, 0.3) is 0 Å². The molecule has 0 N–H and O–H groups in total. The van der Waals surface area contributed by atoms with Crippen molar-refractivity contribution in [1.82, 2.24) is 0 Å². The summed E-state index contributed by atoms with van der Waals surface area (Å²) in [6.07, 6.45) is 12.7. The molecule has 0 spiro atoms. The lowest BCUT2D eigenvalue weighted by molar-refractivity contribution is 0.983. The lowest BCUT2D eigenvalue weighted by atomic mass is 10.5. The fourth-order valence-corrected chi connectivity index (χ4v) is 0.167. The van der Waals surface area contributed by atoms with Crippen molar-refractivity contribution in [3.05, 3.63) is 25.8 Å². The zero-order valence-corrected chi connectivity index (χ0v) is 11.8. The van der Waals surface area contributed by atoms with Gasteiger partial charge in [-0.05, 0) is 12.8 Å². The van der Waals surface area contributed by atoms with Crippen molar-refractivity contribution < 1.29 is 0 Å². The molecule has 1 saturated carbocycles. The maximum Gasteiger partial charge on any atom is -0.0443 e. The van der Waals surface area contributed by atoms with Crippen molar-refractivity contribution in [2.75, 3.05) is 0 Å². The highest BCUT2D eigenvalue weighted by atomic mass is 14.2. The molecule has 0 unspecified atom stereocenters. The van der Waals surface area contributed by atoms with Crippen molar-refractivity contribution in [3.8, 4) is 12.8 Å². The molecule has 92 valence electrons. The third kappa shape index (κ3) is 382. The summed E-state index contributed by atoms with van der Waals surface area (Å²) in [5.41, 5.74) is 0. The van der Waals surface area contributed by atoms with E-state index in [1.807, 2.05) is 34.6 Å². The number of allylic oxidation sites excluding steroid dienone is 1. The molecule has 0 heterocycles. The molecule has 0 aromatic heterocycles. The first-order chi connectivity index (χ1) is 7.31. The molecule has 0 aliphatic heterocycles. The molecule has 0 radical (unpaired) electrons. The quantitative estimate of drug-likeness (QED) is 0.356. The molecule has 0 bridgehead atoms. The van der Waals surface area contributed by atoms with E-state index in [4.69, 9.17) is 0 Å². The van der Waals surface area contributed by atoms with Crippen LogP contribution in [0.1, 0.15) is 54.4 Å². The molecule has 0 amide bonds. The van der Waals surface area contributed by atoms with Gasteiger partial charge in [-0.15, -0.1) is 32.6 Å². The van der Waals surface area contributed by atoms with Gasteiger partial charge in [-0.1, -0.05) is 53.5 Å². The van der Waals surface area contributed by atoms with E-state index in [1.54, 1.807) is 6.08 Å². The summed E-state index contributed by atoms with van der Waals surface area (Å²) in [5, 5.41) is 0. The van der Waals surface area contributed by atoms with Gasteiger partial charge in [-0.3, -0.25) is 0 Å². The second kappa shape index (κ2) is 74.4. The van der Waals surface area contributed by atoms with Crippen LogP contribution in [0.2, 0.25) is 0 Å². The van der Waals surface area contributed by atoms with Gasteiger partial charge in [-0.2, -0.15) is 0 Å². The Bertz CT molecular complexity index is 75.3. The third-order valence-corrected chi connectivity index (χ3v) is 0.866. The molecule has 0 nitrogen and oxygen atoms in total. The zero-order chi connectivity index (χ0) is 13.7. The van der Waals surface area contributed by atoms with Crippen molar-refractivity contribution in [2.24, 2.45) is 5.92 Å². The van der Waals surface area contributed by atoms with Gasteiger partial charge in [0.05, 0.1) is 0 Å². The Hall–Kier alpha value is -0.960. The maximum absolute atomic E-state index is 4.00. The number of terminal acetylenes is 1. The molecule has 1 aliphatic carbocycles. The van der Waals surface area contributed by atoms with Crippen molar-refractivity contribution in [1.29, 1.82) is 0 Å². The molecular weight excluding hydrogens is 180 g/mol. The van der Waals surface area contributed by atoms with Crippen LogP contribution in [0.4, 0.5) is 0 Å². The predicted molar refractivity (Wildman–Crippen MR) is 78.1 cm³/mol. The second-order valence-corrected chi connectivity index (χ2v) is 2.09. The molecule has 0 saturated heterocycles. The summed E-state index contributed by atoms with van der Waals surface area (Å²) in [6, 6.07) is 0. The fourth-order valence-electron chi connectivity index (χ4n) is 0.167. The molecule has 0 heteroatoms. The summed E-state index contributed by atoms with van der Waals surface area (Å²) in [6.45, 7) is 21.5. The molecular formula is C15H32. The Balaban J connectivity index is -0.0000000279. The van der Waals surface area contributed by atoms with Crippen LogP contribution < -0.4 is 0 Å². The van der Waals surface area contributed by atoms with Crippen LogP contribution in [0.15, 0.2) is 25.8 Å². The van der Waals surface area contributed by atoms with Gasteiger partial charge < -0.3 is 0 Å². The minimum atomic E-state index is 1.08. The van der Waals surface area contributed by atoms with E-state index in [1.165, 1.54) is 12.8 Å². The van der Waals surface area contributed by atoms with Gasteiger partial charge in [0.2, 0.25) is 0 Å². The van der Waals surface area contributed by atoms with Crippen LogP contribution in [0, 0.1) is 18.8 Å². The first kappa shape index (κ1) is 29.2. The van der Waals surface area contributed by atoms with E-state index in [2.05, 4.69) is 39.5 Å². The molecule has 0 atom stereocenters. The topological polar surface area (TPSA) is 0 Å². The first-order valence-electron chi connectivity index (χ1n) is 5.71. The monoisotopic (exact) mass is 212 g/mol. The second-order valence-electron chi connectivity index (χ2n) is 2.09. The Labute approximate surface area is 99.5 Å². The molecule has 15 heavy (non-hydrogen) atoms. The summed E-state index contributed by atoms with van der Waals surface area (Å²) >= 11 is 0. The lowest BCUT2D eigenvalue weighted by Gasteiger charge is -1.53. The molecule has 0 aromatic rings. The van der Waals surface area contributed by atoms with Crippen LogP contribution in [0.3, 0.4) is 0 Å². The highest BCUT2D eigenvalue weighted by Crippen LogP contribution is 2.26. The summed E-state index contributed by atoms with van der Waals surface area (Å²) in [7, 11) is 0. The van der Waals surface area contributed by atoms with E-state index < -0.39 is 0 Å². The van der Waals surface area contributed by atoms with E-state index in [0.717, 1.165) is 5.92 Å². The van der Waals surface area contributed by atoms with Gasteiger partial charge in [0.1, 0.15) is 0 Å².